The van der Waals surface area contributed by atoms with Crippen LogP contribution in [0, 0.1) is 0 Å². The summed E-state index contributed by atoms with van der Waals surface area (Å²) in [5, 5.41) is 6.32. The van der Waals surface area contributed by atoms with Crippen LogP contribution < -0.4 is 25.0 Å². The number of H-pyrrole nitrogens is 1. The highest BCUT2D eigenvalue weighted by Crippen LogP contribution is 2.45. The number of piperidine rings is 1. The van der Waals surface area contributed by atoms with Crippen molar-refractivity contribution in [2.75, 3.05) is 28.6 Å². The summed E-state index contributed by atoms with van der Waals surface area (Å²) in [6.45, 7) is 1.69. The minimum atomic E-state index is -3.77. The monoisotopic (exact) mass is 492 g/mol. The standard InChI is InChI=1S/C25H22F2N6O3/c26-25(27)35-20-8-2-7-19(21(20)36-25)32-24(34)31-17-6-1-4-15(12-17)16-5-3-11-33(13-16)23-18-9-10-28-22(18)29-14-30-23/h1-2,4,6-10,12,14,16H,3,5,11,13H2,(H,28,29,30)(H2,31,32,34). The van der Waals surface area contributed by atoms with Gasteiger partial charge in [-0.05, 0) is 48.7 Å². The number of anilines is 3. The van der Waals surface area contributed by atoms with Crippen LogP contribution in [0.5, 0.6) is 11.5 Å². The molecule has 11 heteroatoms. The number of fused-ring (bicyclic) bond motifs is 2. The molecule has 2 aliphatic heterocycles. The molecule has 1 atom stereocenters. The maximum atomic E-state index is 13.4. The normalized spacial score (nSPS) is 18.3. The Morgan fingerprint density at radius 2 is 2.00 bits per heavy atom. The van der Waals surface area contributed by atoms with Crippen LogP contribution in [0.4, 0.5) is 30.8 Å². The zero-order valence-electron chi connectivity index (χ0n) is 19.0. The van der Waals surface area contributed by atoms with Gasteiger partial charge in [-0.15, -0.1) is 8.78 Å². The average Bonchev–Trinajstić information content (AvgIpc) is 3.47. The van der Waals surface area contributed by atoms with Gasteiger partial charge in [-0.1, -0.05) is 18.2 Å². The first-order valence-corrected chi connectivity index (χ1v) is 11.5. The molecule has 2 aromatic carbocycles. The number of para-hydroxylation sites is 1. The maximum Gasteiger partial charge on any atom is 0.586 e. The first-order chi connectivity index (χ1) is 17.4. The Bertz CT molecular complexity index is 1440. The maximum absolute atomic E-state index is 13.4. The van der Waals surface area contributed by atoms with Crippen LogP contribution in [0.2, 0.25) is 0 Å². The Morgan fingerprint density at radius 3 is 2.92 bits per heavy atom. The number of nitrogens with zero attached hydrogens (tertiary/aromatic N) is 3. The van der Waals surface area contributed by atoms with E-state index in [0.29, 0.717) is 5.69 Å². The van der Waals surface area contributed by atoms with E-state index in [-0.39, 0.29) is 23.1 Å². The van der Waals surface area contributed by atoms with E-state index in [1.165, 1.54) is 18.2 Å². The van der Waals surface area contributed by atoms with Gasteiger partial charge in [0.25, 0.3) is 0 Å². The van der Waals surface area contributed by atoms with Crippen LogP contribution in [0.1, 0.15) is 24.3 Å². The third-order valence-corrected chi connectivity index (χ3v) is 6.35. The number of alkyl halides is 2. The molecule has 0 saturated carbocycles. The van der Waals surface area contributed by atoms with Crippen LogP contribution >= 0.6 is 0 Å². The highest BCUT2D eigenvalue weighted by molar-refractivity contribution is 6.01. The van der Waals surface area contributed by atoms with Crippen molar-refractivity contribution in [3.05, 3.63) is 66.6 Å². The molecule has 0 radical (unpaired) electrons. The zero-order valence-corrected chi connectivity index (χ0v) is 19.0. The minimum absolute atomic E-state index is 0.0853. The average molecular weight is 492 g/mol. The molecule has 2 aliphatic rings. The van der Waals surface area contributed by atoms with Crippen molar-refractivity contribution < 1.29 is 23.0 Å². The number of hydrogen-bond acceptors (Lipinski definition) is 6. The molecule has 9 nitrogen and oxygen atoms in total. The van der Waals surface area contributed by atoms with Gasteiger partial charge in [0.1, 0.15) is 17.8 Å². The molecule has 0 spiro atoms. The smallest absolute Gasteiger partial charge is 0.395 e. The van der Waals surface area contributed by atoms with Gasteiger partial charge in [0.15, 0.2) is 11.5 Å². The van der Waals surface area contributed by atoms with Crippen LogP contribution in [-0.4, -0.2) is 40.4 Å². The lowest BCUT2D eigenvalue weighted by molar-refractivity contribution is -0.286. The molecule has 1 unspecified atom stereocenters. The number of rotatable bonds is 4. The molecule has 184 valence electrons. The van der Waals surface area contributed by atoms with E-state index in [2.05, 4.69) is 40.0 Å². The largest absolute Gasteiger partial charge is 0.586 e. The highest BCUT2D eigenvalue weighted by Gasteiger charge is 2.44. The highest BCUT2D eigenvalue weighted by atomic mass is 19.3. The first kappa shape index (κ1) is 22.1. The second-order valence-electron chi connectivity index (χ2n) is 8.73. The van der Waals surface area contributed by atoms with E-state index < -0.39 is 12.3 Å². The van der Waals surface area contributed by atoms with E-state index in [9.17, 15) is 13.6 Å². The number of ether oxygens (including phenoxy) is 2. The van der Waals surface area contributed by atoms with Crippen molar-refractivity contribution in [2.24, 2.45) is 0 Å². The third-order valence-electron chi connectivity index (χ3n) is 6.35. The molecule has 4 aromatic rings. The summed E-state index contributed by atoms with van der Waals surface area (Å²) in [4.78, 5) is 26.8. The number of urea groups is 1. The lowest BCUT2D eigenvalue weighted by Crippen LogP contribution is -2.35. The number of nitrogens with one attached hydrogen (secondary N) is 3. The summed E-state index contributed by atoms with van der Waals surface area (Å²) in [6.07, 6.45) is 1.68. The van der Waals surface area contributed by atoms with Crippen molar-refractivity contribution in [2.45, 2.75) is 25.1 Å². The van der Waals surface area contributed by atoms with Gasteiger partial charge in [0.2, 0.25) is 0 Å². The molecule has 0 bridgehead atoms. The van der Waals surface area contributed by atoms with Gasteiger partial charge in [0.05, 0.1) is 11.1 Å². The molecule has 2 aromatic heterocycles. The van der Waals surface area contributed by atoms with Crippen LogP contribution in [0.15, 0.2) is 61.1 Å². The molecular formula is C25H22F2N6O3. The number of halogens is 2. The quantitative estimate of drug-likeness (QED) is 0.357. The number of hydrogen-bond donors (Lipinski definition) is 3. The molecule has 3 N–H and O–H groups in total. The number of aromatic amines is 1. The van der Waals surface area contributed by atoms with Gasteiger partial charge < -0.3 is 30.0 Å². The summed E-state index contributed by atoms with van der Waals surface area (Å²) in [5.41, 5.74) is 2.58. The number of carbonyl (C=O) groups is 1. The van der Waals surface area contributed by atoms with Gasteiger partial charge in [-0.3, -0.25) is 0 Å². The Labute approximate surface area is 204 Å². The molecular weight excluding hydrogens is 470 g/mol. The fraction of sp³-hybridized carbons (Fsp3) is 0.240. The summed E-state index contributed by atoms with van der Waals surface area (Å²) in [7, 11) is 0. The Hall–Kier alpha value is -4.41. The topological polar surface area (TPSA) is 104 Å². The lowest BCUT2D eigenvalue weighted by atomic mass is 9.90. The number of aromatic nitrogens is 3. The van der Waals surface area contributed by atoms with Gasteiger partial charge >= 0.3 is 12.3 Å². The van der Waals surface area contributed by atoms with E-state index in [1.54, 1.807) is 12.4 Å². The van der Waals surface area contributed by atoms with E-state index >= 15 is 0 Å². The zero-order chi connectivity index (χ0) is 24.7. The predicted molar refractivity (Wildman–Crippen MR) is 130 cm³/mol. The number of carbonyl (C=O) groups excluding carboxylic acids is 1. The second-order valence-corrected chi connectivity index (χ2v) is 8.73. The van der Waals surface area contributed by atoms with Crippen molar-refractivity contribution in [1.29, 1.82) is 0 Å². The molecule has 1 fully saturated rings. The molecule has 36 heavy (non-hydrogen) atoms. The van der Waals surface area contributed by atoms with Crippen LogP contribution in [0.25, 0.3) is 11.0 Å². The third kappa shape index (κ3) is 4.23. The van der Waals surface area contributed by atoms with Crippen molar-refractivity contribution in [3.8, 4) is 11.5 Å². The molecule has 6 rings (SSSR count). The molecule has 2 amide bonds. The predicted octanol–water partition coefficient (Wildman–Crippen LogP) is 5.31. The van der Waals surface area contributed by atoms with Gasteiger partial charge in [0, 0.05) is 30.9 Å². The Kier molecular flexibility index (Phi) is 5.32. The minimum Gasteiger partial charge on any atom is -0.395 e. The molecule has 1 saturated heterocycles. The number of benzene rings is 2. The van der Waals surface area contributed by atoms with Crippen molar-refractivity contribution in [3.63, 3.8) is 0 Å². The van der Waals surface area contributed by atoms with E-state index in [4.69, 9.17) is 0 Å². The summed E-state index contributed by atoms with van der Waals surface area (Å²) < 4.78 is 35.8. The van der Waals surface area contributed by atoms with Crippen molar-refractivity contribution in [1.82, 2.24) is 15.0 Å². The van der Waals surface area contributed by atoms with E-state index in [1.807, 2.05) is 30.5 Å². The molecule has 4 heterocycles. The van der Waals surface area contributed by atoms with Crippen LogP contribution in [0.3, 0.4) is 0 Å². The first-order valence-electron chi connectivity index (χ1n) is 11.5. The van der Waals surface area contributed by atoms with Crippen molar-refractivity contribution >= 4 is 34.3 Å². The Balaban J connectivity index is 1.15. The Morgan fingerprint density at radius 1 is 1.11 bits per heavy atom. The number of amides is 2. The summed E-state index contributed by atoms with van der Waals surface area (Å²) >= 11 is 0. The van der Waals surface area contributed by atoms with E-state index in [0.717, 1.165) is 48.3 Å². The van der Waals surface area contributed by atoms with Crippen LogP contribution in [-0.2, 0) is 0 Å². The summed E-state index contributed by atoms with van der Waals surface area (Å²) in [5.74, 6) is 0.807. The summed E-state index contributed by atoms with van der Waals surface area (Å²) in [6, 6.07) is 13.3. The van der Waals surface area contributed by atoms with Gasteiger partial charge in [-0.25, -0.2) is 14.8 Å². The second kappa shape index (κ2) is 8.67. The SMILES string of the molecule is O=C(Nc1cccc(C2CCCN(c3ncnc4[nH]ccc34)C2)c1)Nc1cccc2c1OC(F)(F)O2. The lowest BCUT2D eigenvalue weighted by Gasteiger charge is -2.34. The fourth-order valence-corrected chi connectivity index (χ4v) is 4.77. The van der Waals surface area contributed by atoms with Gasteiger partial charge in [-0.2, -0.15) is 0 Å². The fourth-order valence-electron chi connectivity index (χ4n) is 4.77. The molecule has 0 aliphatic carbocycles.